The van der Waals surface area contributed by atoms with Crippen LogP contribution in [-0.2, 0) is 22.9 Å². The normalized spacial score (nSPS) is 22.0. The molecule has 0 aromatic carbocycles. The molecule has 1 heterocycles. The lowest BCUT2D eigenvalue weighted by molar-refractivity contribution is 0.00578. The van der Waals surface area contributed by atoms with E-state index in [4.69, 9.17) is 30.0 Å². The zero-order valence-corrected chi connectivity index (χ0v) is 16.2. The van der Waals surface area contributed by atoms with Crippen molar-refractivity contribution in [1.82, 2.24) is 0 Å². The highest BCUT2D eigenvalue weighted by Gasteiger charge is 2.50. The number of alkyl halides is 1. The summed E-state index contributed by atoms with van der Waals surface area (Å²) in [4.78, 5) is 0. The van der Waals surface area contributed by atoms with Crippen molar-refractivity contribution < 1.29 is 22.9 Å². The van der Waals surface area contributed by atoms with Crippen LogP contribution >= 0.6 is 19.2 Å². The highest BCUT2D eigenvalue weighted by molar-refractivity contribution is 7.56. The van der Waals surface area contributed by atoms with Gasteiger partial charge in [-0.3, -0.25) is 4.57 Å². The molecule has 5 nitrogen and oxygen atoms in total. The van der Waals surface area contributed by atoms with Crippen molar-refractivity contribution in [3.63, 3.8) is 0 Å². The van der Waals surface area contributed by atoms with Crippen LogP contribution in [0.2, 0.25) is 6.32 Å². The number of halogens is 1. The Morgan fingerprint density at radius 1 is 1.09 bits per heavy atom. The van der Waals surface area contributed by atoms with Gasteiger partial charge < -0.3 is 18.4 Å². The third-order valence-electron chi connectivity index (χ3n) is 4.15. The van der Waals surface area contributed by atoms with Crippen LogP contribution in [0.25, 0.3) is 0 Å². The molecule has 1 fully saturated rings. The summed E-state index contributed by atoms with van der Waals surface area (Å²) in [7, 11) is -3.50. The monoisotopic (exact) mass is 354 g/mol. The summed E-state index contributed by atoms with van der Waals surface area (Å²) in [6.45, 7) is 12.3. The van der Waals surface area contributed by atoms with E-state index in [9.17, 15) is 4.57 Å². The maximum absolute atomic E-state index is 12.5. The van der Waals surface area contributed by atoms with E-state index in [1.807, 2.05) is 27.7 Å². The number of rotatable bonds is 9. The summed E-state index contributed by atoms with van der Waals surface area (Å²) in [5.74, 6) is 0. The van der Waals surface area contributed by atoms with Crippen LogP contribution in [-0.4, -0.2) is 36.7 Å². The van der Waals surface area contributed by atoms with E-state index in [-0.39, 0.29) is 18.3 Å². The van der Waals surface area contributed by atoms with Crippen LogP contribution in [0.1, 0.15) is 54.4 Å². The third kappa shape index (κ3) is 4.96. The summed E-state index contributed by atoms with van der Waals surface area (Å²) in [6.07, 6.45) is 1.96. The second-order valence-corrected chi connectivity index (χ2v) is 9.48. The van der Waals surface area contributed by atoms with Crippen molar-refractivity contribution in [2.75, 3.05) is 13.2 Å². The molecule has 0 aliphatic carbocycles. The molecular formula is C14H29BClO5P. The fraction of sp³-hybridized carbons (Fsp3) is 1.00. The molecule has 1 saturated heterocycles. The van der Waals surface area contributed by atoms with E-state index < -0.39 is 12.7 Å². The molecular weight excluding hydrogens is 325 g/mol. The first-order valence-electron chi connectivity index (χ1n) is 7.96. The molecule has 0 saturated carbocycles. The largest absolute Gasteiger partial charge is 0.457 e. The van der Waals surface area contributed by atoms with Gasteiger partial charge in [0.1, 0.15) is 5.12 Å². The van der Waals surface area contributed by atoms with E-state index in [0.717, 1.165) is 6.42 Å². The van der Waals surface area contributed by atoms with Crippen molar-refractivity contribution in [3.8, 4) is 0 Å². The Morgan fingerprint density at radius 2 is 1.55 bits per heavy atom. The minimum absolute atomic E-state index is 0.257. The maximum atomic E-state index is 12.5. The van der Waals surface area contributed by atoms with Gasteiger partial charge >= 0.3 is 14.7 Å². The predicted molar refractivity (Wildman–Crippen MR) is 90.6 cm³/mol. The van der Waals surface area contributed by atoms with Gasteiger partial charge in [0.25, 0.3) is 0 Å². The topological polar surface area (TPSA) is 54.0 Å². The molecule has 0 spiro atoms. The fourth-order valence-electron chi connectivity index (χ4n) is 2.25. The predicted octanol–water partition coefficient (Wildman–Crippen LogP) is 4.69. The standard InChI is InChI=1S/C14H29BClO5P/c1-7-18-22(17,19-8-2)12(16)10-9-11-15-20-13(3,4)14(5,6)21-15/h12H,7-11H2,1-6H3. The molecule has 8 heteroatoms. The van der Waals surface area contributed by atoms with Gasteiger partial charge in [-0.05, 0) is 54.3 Å². The molecule has 0 bridgehead atoms. The van der Waals surface area contributed by atoms with Gasteiger partial charge in [0.15, 0.2) is 0 Å². The van der Waals surface area contributed by atoms with E-state index in [1.165, 1.54) is 0 Å². The summed E-state index contributed by atoms with van der Waals surface area (Å²) >= 11 is 6.25. The van der Waals surface area contributed by atoms with Crippen LogP contribution < -0.4 is 0 Å². The minimum atomic E-state index is -3.24. The van der Waals surface area contributed by atoms with Gasteiger partial charge in [0.05, 0.1) is 24.4 Å². The lowest BCUT2D eigenvalue weighted by Crippen LogP contribution is -2.41. The van der Waals surface area contributed by atoms with Crippen molar-refractivity contribution in [2.24, 2.45) is 0 Å². The highest BCUT2D eigenvalue weighted by atomic mass is 35.5. The summed E-state index contributed by atoms with van der Waals surface area (Å²) < 4.78 is 34.9. The van der Waals surface area contributed by atoms with Crippen LogP contribution in [0, 0.1) is 0 Å². The van der Waals surface area contributed by atoms with Gasteiger partial charge in [-0.2, -0.15) is 0 Å². The van der Waals surface area contributed by atoms with Gasteiger partial charge in [0, 0.05) is 0 Å². The molecule has 1 atom stereocenters. The molecule has 1 unspecified atom stereocenters. The van der Waals surface area contributed by atoms with Crippen LogP contribution in [0.15, 0.2) is 0 Å². The molecule has 1 rings (SSSR count). The van der Waals surface area contributed by atoms with Gasteiger partial charge in [-0.1, -0.05) is 6.42 Å². The lowest BCUT2D eigenvalue weighted by Gasteiger charge is -2.32. The first kappa shape index (κ1) is 20.5. The van der Waals surface area contributed by atoms with Crippen molar-refractivity contribution >= 4 is 26.3 Å². The third-order valence-corrected chi connectivity index (χ3v) is 7.26. The second-order valence-electron chi connectivity index (χ2n) is 6.43. The molecule has 0 N–H and O–H groups in total. The Hall–Kier alpha value is 0.425. The van der Waals surface area contributed by atoms with Crippen molar-refractivity contribution in [2.45, 2.75) is 77.0 Å². The first-order valence-corrected chi connectivity index (χ1v) is 10.0. The van der Waals surface area contributed by atoms with E-state index in [0.29, 0.717) is 26.0 Å². The maximum Gasteiger partial charge on any atom is 0.457 e. The summed E-state index contributed by atoms with van der Waals surface area (Å²) in [5, 5.41) is -0.644. The van der Waals surface area contributed by atoms with E-state index in [1.54, 1.807) is 13.8 Å². The minimum Gasteiger partial charge on any atom is -0.403 e. The van der Waals surface area contributed by atoms with E-state index >= 15 is 0 Å². The lowest BCUT2D eigenvalue weighted by atomic mass is 9.82. The molecule has 22 heavy (non-hydrogen) atoms. The van der Waals surface area contributed by atoms with Crippen LogP contribution in [0.3, 0.4) is 0 Å². The Labute approximate surface area is 140 Å². The number of hydrogen-bond acceptors (Lipinski definition) is 5. The molecule has 0 amide bonds. The molecule has 1 aliphatic rings. The second kappa shape index (κ2) is 8.00. The molecule has 1 aliphatic heterocycles. The molecule has 0 aromatic heterocycles. The van der Waals surface area contributed by atoms with Crippen LogP contribution in [0.4, 0.5) is 0 Å². The van der Waals surface area contributed by atoms with Gasteiger partial charge in [0.2, 0.25) is 0 Å². The Kier molecular flexibility index (Phi) is 7.44. The molecule has 0 radical (unpaired) electrons. The Bertz CT molecular complexity index is 379. The van der Waals surface area contributed by atoms with Gasteiger partial charge in [-0.25, -0.2) is 0 Å². The highest BCUT2D eigenvalue weighted by Crippen LogP contribution is 2.56. The van der Waals surface area contributed by atoms with E-state index in [2.05, 4.69) is 0 Å². The fourth-order valence-corrected chi connectivity index (χ4v) is 4.36. The van der Waals surface area contributed by atoms with Crippen LogP contribution in [0.5, 0.6) is 0 Å². The summed E-state index contributed by atoms with van der Waals surface area (Å²) in [6, 6.07) is 0. The SMILES string of the molecule is CCOP(=O)(OCC)C(Cl)CCCB1OC(C)(C)C(C)(C)O1. The molecule has 130 valence electrons. The first-order chi connectivity index (χ1) is 10.1. The average Bonchev–Trinajstić information content (AvgIpc) is 2.58. The molecule has 0 aromatic rings. The average molecular weight is 355 g/mol. The zero-order chi connectivity index (χ0) is 17.0. The zero-order valence-electron chi connectivity index (χ0n) is 14.6. The summed E-state index contributed by atoms with van der Waals surface area (Å²) in [5.41, 5.74) is -0.659. The smallest absolute Gasteiger partial charge is 0.403 e. The Balaban J connectivity index is 2.46. The quantitative estimate of drug-likeness (QED) is 0.341. The number of hydrogen-bond donors (Lipinski definition) is 0. The Morgan fingerprint density at radius 3 is 1.95 bits per heavy atom. The van der Waals surface area contributed by atoms with Gasteiger partial charge in [-0.15, -0.1) is 11.6 Å². The van der Waals surface area contributed by atoms with Crippen molar-refractivity contribution in [3.05, 3.63) is 0 Å². The van der Waals surface area contributed by atoms with Crippen molar-refractivity contribution in [1.29, 1.82) is 0 Å².